The monoisotopic (exact) mass is 543 g/mol. The number of nitrogens with one attached hydrogen (secondary N) is 2. The Morgan fingerprint density at radius 1 is 1.10 bits per heavy atom. The van der Waals surface area contributed by atoms with Gasteiger partial charge < -0.3 is 20.3 Å². The average molecular weight is 543 g/mol. The number of hydrogen-bond donors (Lipinski definition) is 2. The van der Waals surface area contributed by atoms with Gasteiger partial charge in [0.2, 0.25) is 5.91 Å². The van der Waals surface area contributed by atoms with Crippen molar-refractivity contribution in [3.63, 3.8) is 0 Å². The Morgan fingerprint density at radius 3 is 2.45 bits per heavy atom. The Labute approximate surface area is 204 Å². The molecule has 2 saturated heterocycles. The van der Waals surface area contributed by atoms with E-state index < -0.39 is 0 Å². The van der Waals surface area contributed by atoms with Crippen LogP contribution in [0.1, 0.15) is 45.6 Å². The summed E-state index contributed by atoms with van der Waals surface area (Å²) in [6, 6.07) is 8.22. The number of anilines is 1. The number of ether oxygens (including phenoxy) is 1. The molecule has 0 radical (unpaired) electrons. The molecule has 0 saturated carbocycles. The van der Waals surface area contributed by atoms with E-state index in [1.807, 2.05) is 17.0 Å². The van der Waals surface area contributed by atoms with E-state index in [4.69, 9.17) is 9.73 Å². The summed E-state index contributed by atoms with van der Waals surface area (Å²) >= 11 is 0. The number of amides is 1. The van der Waals surface area contributed by atoms with E-state index in [1.165, 1.54) is 0 Å². The Hall–Kier alpha value is -1.39. The van der Waals surface area contributed by atoms with Crippen LogP contribution in [0.15, 0.2) is 29.3 Å². The highest BCUT2D eigenvalue weighted by atomic mass is 127. The van der Waals surface area contributed by atoms with Gasteiger partial charge in [0, 0.05) is 50.4 Å². The molecule has 2 N–H and O–H groups in total. The normalized spacial score (nSPS) is 18.5. The van der Waals surface area contributed by atoms with Gasteiger partial charge in [-0.25, -0.2) is 4.99 Å². The second-order valence-corrected chi connectivity index (χ2v) is 8.63. The van der Waals surface area contributed by atoms with Crippen molar-refractivity contribution in [2.45, 2.75) is 52.1 Å². The quantitative estimate of drug-likeness (QED) is 0.315. The van der Waals surface area contributed by atoms with E-state index in [2.05, 4.69) is 48.4 Å². The van der Waals surface area contributed by atoms with Crippen LogP contribution >= 0.6 is 24.0 Å². The molecular formula is C23H38IN5O2. The zero-order valence-electron chi connectivity index (χ0n) is 19.2. The zero-order valence-corrected chi connectivity index (χ0v) is 21.5. The molecule has 8 heteroatoms. The highest BCUT2D eigenvalue weighted by Gasteiger charge is 2.28. The summed E-state index contributed by atoms with van der Waals surface area (Å²) < 4.78 is 5.48. The minimum atomic E-state index is 0. The molecule has 2 fully saturated rings. The fourth-order valence-electron chi connectivity index (χ4n) is 3.95. The second kappa shape index (κ2) is 12.6. The number of carbonyl (C=O) groups excluding carboxylic acids is 1. The molecule has 2 heterocycles. The summed E-state index contributed by atoms with van der Waals surface area (Å²) in [5.74, 6) is 1.06. The molecule has 0 aromatic heterocycles. The van der Waals surface area contributed by atoms with Crippen LogP contribution < -0.4 is 15.5 Å². The zero-order chi connectivity index (χ0) is 21.4. The van der Waals surface area contributed by atoms with Crippen LogP contribution in [0.3, 0.4) is 0 Å². The second-order valence-electron chi connectivity index (χ2n) is 8.63. The summed E-state index contributed by atoms with van der Waals surface area (Å²) in [5, 5.41) is 6.84. The van der Waals surface area contributed by atoms with Crippen molar-refractivity contribution in [1.82, 2.24) is 15.5 Å². The third kappa shape index (κ3) is 7.61. The number of guanidine groups is 1. The van der Waals surface area contributed by atoms with Crippen LogP contribution in [0.5, 0.6) is 0 Å². The summed E-state index contributed by atoms with van der Waals surface area (Å²) in [4.78, 5) is 21.2. The van der Waals surface area contributed by atoms with Crippen LogP contribution in [-0.2, 0) is 16.1 Å². The van der Waals surface area contributed by atoms with Gasteiger partial charge in [0.05, 0.1) is 19.8 Å². The van der Waals surface area contributed by atoms with E-state index in [9.17, 15) is 4.79 Å². The summed E-state index contributed by atoms with van der Waals surface area (Å²) in [7, 11) is 0. The maximum Gasteiger partial charge on any atom is 0.226 e. The molecule has 1 aromatic rings. The summed E-state index contributed by atoms with van der Waals surface area (Å²) in [5.41, 5.74) is 2.15. The summed E-state index contributed by atoms with van der Waals surface area (Å²) in [6.07, 6.45) is 2.74. The predicted molar refractivity (Wildman–Crippen MR) is 137 cm³/mol. The molecule has 31 heavy (non-hydrogen) atoms. The number of hydrogen-bond acceptors (Lipinski definition) is 4. The van der Waals surface area contributed by atoms with Crippen molar-refractivity contribution in [3.05, 3.63) is 29.8 Å². The van der Waals surface area contributed by atoms with Crippen molar-refractivity contribution in [1.29, 1.82) is 0 Å². The predicted octanol–water partition coefficient (Wildman–Crippen LogP) is 2.99. The molecule has 1 amide bonds. The van der Waals surface area contributed by atoms with Crippen molar-refractivity contribution >= 4 is 41.5 Å². The van der Waals surface area contributed by atoms with Crippen LogP contribution in [0.2, 0.25) is 0 Å². The first kappa shape index (κ1) is 25.9. The lowest BCUT2D eigenvalue weighted by atomic mass is 10.0. The molecule has 2 aliphatic rings. The van der Waals surface area contributed by atoms with E-state index in [0.717, 1.165) is 76.0 Å². The van der Waals surface area contributed by atoms with Crippen molar-refractivity contribution in [2.75, 3.05) is 50.8 Å². The Balaban J connectivity index is 0.00000341. The van der Waals surface area contributed by atoms with Crippen molar-refractivity contribution < 1.29 is 9.53 Å². The van der Waals surface area contributed by atoms with Gasteiger partial charge in [-0.05, 0) is 51.3 Å². The SMILES string of the molecule is CCNC(=NCc1ccc(N2CCCCC2=O)cc1)NCC(C)(C)N1CCOCC1.I. The first-order chi connectivity index (χ1) is 14.5. The average Bonchev–Trinajstić information content (AvgIpc) is 2.77. The Morgan fingerprint density at radius 2 is 1.81 bits per heavy atom. The Kier molecular flexibility index (Phi) is 10.5. The standard InChI is InChI=1S/C23H37N5O2.HI/c1-4-24-22(26-18-23(2,3)27-13-15-30-16-14-27)25-17-19-8-10-20(11-9-19)28-12-6-5-7-21(28)29;/h8-11H,4-7,12-18H2,1-3H3,(H2,24,25,26);1H. The molecule has 174 valence electrons. The number of aliphatic imine (C=N–C) groups is 1. The number of benzene rings is 1. The Bertz CT molecular complexity index is 717. The highest BCUT2D eigenvalue weighted by Crippen LogP contribution is 2.21. The third-order valence-electron chi connectivity index (χ3n) is 5.89. The topological polar surface area (TPSA) is 69.2 Å². The van der Waals surface area contributed by atoms with Crippen LogP contribution in [0.25, 0.3) is 0 Å². The number of halogens is 1. The maximum atomic E-state index is 12.1. The minimum absolute atomic E-state index is 0. The van der Waals surface area contributed by atoms with Gasteiger partial charge in [0.1, 0.15) is 0 Å². The largest absolute Gasteiger partial charge is 0.379 e. The molecule has 2 aliphatic heterocycles. The molecule has 7 nitrogen and oxygen atoms in total. The molecule has 0 unspecified atom stereocenters. The van der Waals surface area contributed by atoms with Gasteiger partial charge >= 0.3 is 0 Å². The van der Waals surface area contributed by atoms with Crippen molar-refractivity contribution in [2.24, 2.45) is 4.99 Å². The molecule has 1 aromatic carbocycles. The first-order valence-corrected chi connectivity index (χ1v) is 11.2. The lowest BCUT2D eigenvalue weighted by molar-refractivity contribution is -0.119. The molecular weight excluding hydrogens is 505 g/mol. The number of morpholine rings is 1. The molecule has 0 bridgehead atoms. The van der Waals surface area contributed by atoms with E-state index in [0.29, 0.717) is 13.0 Å². The molecule has 0 spiro atoms. The number of nitrogens with zero attached hydrogens (tertiary/aromatic N) is 3. The van der Waals surface area contributed by atoms with Crippen LogP contribution in [-0.4, -0.2) is 68.2 Å². The van der Waals surface area contributed by atoms with E-state index in [-0.39, 0.29) is 35.4 Å². The van der Waals surface area contributed by atoms with Gasteiger partial charge in [0.15, 0.2) is 5.96 Å². The van der Waals surface area contributed by atoms with Gasteiger partial charge in [-0.2, -0.15) is 0 Å². The molecule has 3 rings (SSSR count). The molecule has 0 atom stereocenters. The third-order valence-corrected chi connectivity index (χ3v) is 5.89. The number of carbonyl (C=O) groups is 1. The van der Waals surface area contributed by atoms with Gasteiger partial charge in [-0.1, -0.05) is 12.1 Å². The van der Waals surface area contributed by atoms with Crippen LogP contribution in [0.4, 0.5) is 5.69 Å². The van der Waals surface area contributed by atoms with Crippen molar-refractivity contribution in [3.8, 4) is 0 Å². The van der Waals surface area contributed by atoms with E-state index >= 15 is 0 Å². The first-order valence-electron chi connectivity index (χ1n) is 11.2. The van der Waals surface area contributed by atoms with E-state index in [1.54, 1.807) is 0 Å². The number of piperidine rings is 1. The number of rotatable bonds is 7. The van der Waals surface area contributed by atoms with Gasteiger partial charge in [0.25, 0.3) is 0 Å². The molecule has 0 aliphatic carbocycles. The van der Waals surface area contributed by atoms with Gasteiger partial charge in [-0.15, -0.1) is 24.0 Å². The minimum Gasteiger partial charge on any atom is -0.379 e. The fraction of sp³-hybridized carbons (Fsp3) is 0.652. The fourth-order valence-corrected chi connectivity index (χ4v) is 3.95. The lowest BCUT2D eigenvalue weighted by Gasteiger charge is -2.41. The van der Waals surface area contributed by atoms with Gasteiger partial charge in [-0.3, -0.25) is 9.69 Å². The lowest BCUT2D eigenvalue weighted by Crippen LogP contribution is -2.56. The smallest absolute Gasteiger partial charge is 0.226 e. The highest BCUT2D eigenvalue weighted by molar-refractivity contribution is 14.0. The van der Waals surface area contributed by atoms with Crippen LogP contribution in [0, 0.1) is 0 Å². The summed E-state index contributed by atoms with van der Waals surface area (Å²) in [6.45, 7) is 13.2. The maximum absolute atomic E-state index is 12.1.